The molecule has 0 spiro atoms. The Labute approximate surface area is 164 Å². The van der Waals surface area contributed by atoms with E-state index in [0.29, 0.717) is 15.3 Å². The standard InChI is InChI=1S/C17H11BrN4O2S2/c18-11-3-1-10(2-4-11)12-8-26-15-14(12)16(24)22(9-20-15)7-13(23)21-17-19-5-6-25-17/h1-6,8-9H,7H2,(H,19,21,23). The molecule has 0 saturated heterocycles. The van der Waals surface area contributed by atoms with Gasteiger partial charge >= 0.3 is 0 Å². The van der Waals surface area contributed by atoms with Gasteiger partial charge in [0.25, 0.3) is 5.56 Å². The topological polar surface area (TPSA) is 76.9 Å². The summed E-state index contributed by atoms with van der Waals surface area (Å²) in [5.41, 5.74) is 1.52. The number of anilines is 1. The predicted octanol–water partition coefficient (Wildman–Crippen LogP) is 3.98. The number of amides is 1. The van der Waals surface area contributed by atoms with Gasteiger partial charge in [-0.15, -0.1) is 22.7 Å². The molecule has 6 nitrogen and oxygen atoms in total. The quantitative estimate of drug-likeness (QED) is 0.514. The number of fused-ring (bicyclic) bond motifs is 1. The lowest BCUT2D eigenvalue weighted by atomic mass is 10.1. The average molecular weight is 447 g/mol. The fourth-order valence-electron chi connectivity index (χ4n) is 2.52. The molecule has 1 N–H and O–H groups in total. The molecule has 0 aliphatic heterocycles. The number of carbonyl (C=O) groups excluding carboxylic acids is 1. The first-order valence-corrected chi connectivity index (χ1v) is 10.1. The van der Waals surface area contributed by atoms with E-state index in [1.165, 1.54) is 33.6 Å². The zero-order chi connectivity index (χ0) is 18.1. The number of halogens is 1. The molecule has 3 aromatic heterocycles. The summed E-state index contributed by atoms with van der Waals surface area (Å²) < 4.78 is 2.29. The highest BCUT2D eigenvalue weighted by atomic mass is 79.9. The van der Waals surface area contributed by atoms with Crippen LogP contribution in [-0.2, 0) is 11.3 Å². The Balaban J connectivity index is 1.70. The molecular weight excluding hydrogens is 436 g/mol. The molecule has 1 amide bonds. The van der Waals surface area contributed by atoms with Crippen LogP contribution in [0.1, 0.15) is 0 Å². The van der Waals surface area contributed by atoms with Crippen molar-refractivity contribution in [1.82, 2.24) is 14.5 Å². The van der Waals surface area contributed by atoms with E-state index in [9.17, 15) is 9.59 Å². The summed E-state index contributed by atoms with van der Waals surface area (Å²) in [5, 5.41) is 7.39. The number of aromatic nitrogens is 3. The first-order valence-electron chi connectivity index (χ1n) is 7.54. The van der Waals surface area contributed by atoms with Crippen molar-refractivity contribution in [1.29, 1.82) is 0 Å². The number of hydrogen-bond acceptors (Lipinski definition) is 6. The van der Waals surface area contributed by atoms with Gasteiger partial charge in [0.05, 0.1) is 11.7 Å². The zero-order valence-corrected chi connectivity index (χ0v) is 16.4. The van der Waals surface area contributed by atoms with Gasteiger partial charge in [-0.25, -0.2) is 9.97 Å². The SMILES string of the molecule is O=C(Cn1cnc2scc(-c3ccc(Br)cc3)c2c1=O)Nc1nccs1. The number of hydrogen-bond donors (Lipinski definition) is 1. The summed E-state index contributed by atoms with van der Waals surface area (Å²) in [5.74, 6) is -0.316. The number of thiazole rings is 1. The Morgan fingerprint density at radius 1 is 1.19 bits per heavy atom. The molecular formula is C17H11BrN4O2S2. The van der Waals surface area contributed by atoms with E-state index in [1.807, 2.05) is 29.6 Å². The number of nitrogens with one attached hydrogen (secondary N) is 1. The summed E-state index contributed by atoms with van der Waals surface area (Å²) in [6.07, 6.45) is 3.02. The van der Waals surface area contributed by atoms with Gasteiger partial charge in [0.15, 0.2) is 5.13 Å². The third-order valence-corrected chi connectivity index (χ3v) is 5.81. The summed E-state index contributed by atoms with van der Waals surface area (Å²) in [4.78, 5) is 34.1. The normalized spacial score (nSPS) is 11.0. The van der Waals surface area contributed by atoms with E-state index < -0.39 is 0 Å². The number of carbonyl (C=O) groups is 1. The first-order chi connectivity index (χ1) is 12.6. The summed E-state index contributed by atoms with van der Waals surface area (Å²) in [7, 11) is 0. The summed E-state index contributed by atoms with van der Waals surface area (Å²) in [6, 6.07) is 7.74. The highest BCUT2D eigenvalue weighted by molar-refractivity contribution is 9.10. The van der Waals surface area contributed by atoms with Crippen molar-refractivity contribution in [2.45, 2.75) is 6.54 Å². The Morgan fingerprint density at radius 3 is 2.73 bits per heavy atom. The minimum atomic E-state index is -0.316. The van der Waals surface area contributed by atoms with Crippen LogP contribution >= 0.6 is 38.6 Å². The number of nitrogens with zero attached hydrogens (tertiary/aromatic N) is 3. The van der Waals surface area contributed by atoms with Gasteiger partial charge in [0.2, 0.25) is 5.91 Å². The molecule has 3 heterocycles. The van der Waals surface area contributed by atoms with E-state index in [-0.39, 0.29) is 18.0 Å². The predicted molar refractivity (Wildman–Crippen MR) is 108 cm³/mol. The molecule has 0 bridgehead atoms. The molecule has 0 unspecified atom stereocenters. The second-order valence-electron chi connectivity index (χ2n) is 5.40. The lowest BCUT2D eigenvalue weighted by Gasteiger charge is -2.06. The second kappa shape index (κ2) is 7.10. The van der Waals surface area contributed by atoms with Gasteiger partial charge in [-0.3, -0.25) is 14.2 Å². The summed E-state index contributed by atoms with van der Waals surface area (Å²) in [6.45, 7) is -0.114. The van der Waals surface area contributed by atoms with Crippen LogP contribution in [-0.4, -0.2) is 20.4 Å². The molecule has 26 heavy (non-hydrogen) atoms. The van der Waals surface area contributed by atoms with Gasteiger partial charge in [-0.1, -0.05) is 28.1 Å². The number of thiophene rings is 1. The van der Waals surface area contributed by atoms with E-state index in [2.05, 4.69) is 31.2 Å². The van der Waals surface area contributed by atoms with Gasteiger partial charge in [-0.05, 0) is 17.7 Å². The minimum absolute atomic E-state index is 0.114. The summed E-state index contributed by atoms with van der Waals surface area (Å²) >= 11 is 6.15. The van der Waals surface area contributed by atoms with Crippen LogP contribution in [0.4, 0.5) is 5.13 Å². The van der Waals surface area contributed by atoms with Crippen molar-refractivity contribution < 1.29 is 4.79 Å². The van der Waals surface area contributed by atoms with Crippen molar-refractivity contribution in [2.24, 2.45) is 0 Å². The average Bonchev–Trinajstić information content (AvgIpc) is 3.28. The Morgan fingerprint density at radius 2 is 2.00 bits per heavy atom. The molecule has 0 aliphatic rings. The largest absolute Gasteiger partial charge is 0.300 e. The van der Waals surface area contributed by atoms with Crippen molar-refractivity contribution in [3.63, 3.8) is 0 Å². The highest BCUT2D eigenvalue weighted by Gasteiger charge is 2.15. The lowest BCUT2D eigenvalue weighted by molar-refractivity contribution is -0.116. The fraction of sp³-hybridized carbons (Fsp3) is 0.0588. The third-order valence-electron chi connectivity index (χ3n) is 3.71. The van der Waals surface area contributed by atoms with Crippen molar-refractivity contribution in [3.05, 3.63) is 62.4 Å². The van der Waals surface area contributed by atoms with Crippen LogP contribution in [0.2, 0.25) is 0 Å². The van der Waals surface area contributed by atoms with Crippen LogP contribution in [0.3, 0.4) is 0 Å². The Kier molecular flexibility index (Phi) is 4.66. The molecule has 4 aromatic rings. The molecule has 9 heteroatoms. The molecule has 0 atom stereocenters. The van der Waals surface area contributed by atoms with Gasteiger partial charge in [0.1, 0.15) is 11.4 Å². The third kappa shape index (κ3) is 3.33. The zero-order valence-electron chi connectivity index (χ0n) is 13.2. The Bertz CT molecular complexity index is 1130. The molecule has 0 aliphatic carbocycles. The molecule has 0 saturated carbocycles. The van der Waals surface area contributed by atoms with Gasteiger partial charge in [0, 0.05) is 27.0 Å². The molecule has 1 aromatic carbocycles. The lowest BCUT2D eigenvalue weighted by Crippen LogP contribution is -2.27. The van der Waals surface area contributed by atoms with Crippen molar-refractivity contribution >= 4 is 59.9 Å². The van der Waals surface area contributed by atoms with Crippen molar-refractivity contribution in [3.8, 4) is 11.1 Å². The maximum atomic E-state index is 12.9. The van der Waals surface area contributed by atoms with Crippen LogP contribution in [0.15, 0.2) is 56.8 Å². The smallest absolute Gasteiger partial charge is 0.263 e. The molecule has 0 radical (unpaired) electrons. The van der Waals surface area contributed by atoms with Crippen LogP contribution < -0.4 is 10.9 Å². The van der Waals surface area contributed by atoms with Crippen LogP contribution in [0.5, 0.6) is 0 Å². The van der Waals surface area contributed by atoms with E-state index in [0.717, 1.165) is 15.6 Å². The Hall–Kier alpha value is -2.36. The van der Waals surface area contributed by atoms with Crippen LogP contribution in [0.25, 0.3) is 21.3 Å². The fourth-order valence-corrected chi connectivity index (χ4v) is 4.24. The molecule has 0 fully saturated rings. The monoisotopic (exact) mass is 446 g/mol. The van der Waals surface area contributed by atoms with Crippen LogP contribution in [0, 0.1) is 0 Å². The number of rotatable bonds is 4. The maximum Gasteiger partial charge on any atom is 0.263 e. The van der Waals surface area contributed by atoms with Gasteiger partial charge in [-0.2, -0.15) is 0 Å². The van der Waals surface area contributed by atoms with Gasteiger partial charge < -0.3 is 5.32 Å². The maximum absolute atomic E-state index is 12.9. The van der Waals surface area contributed by atoms with E-state index in [1.54, 1.807) is 11.6 Å². The second-order valence-corrected chi connectivity index (χ2v) is 8.07. The molecule has 4 rings (SSSR count). The van der Waals surface area contributed by atoms with E-state index in [4.69, 9.17) is 0 Å². The minimum Gasteiger partial charge on any atom is -0.300 e. The number of benzene rings is 1. The molecule has 130 valence electrons. The van der Waals surface area contributed by atoms with E-state index >= 15 is 0 Å². The first kappa shape index (κ1) is 17.1. The highest BCUT2D eigenvalue weighted by Crippen LogP contribution is 2.31. The van der Waals surface area contributed by atoms with Crippen molar-refractivity contribution in [2.75, 3.05) is 5.32 Å².